The minimum absolute atomic E-state index is 0.235. The zero-order valence-corrected chi connectivity index (χ0v) is 21.6. The van der Waals surface area contributed by atoms with Gasteiger partial charge in [0, 0.05) is 14.1 Å². The molecule has 0 spiro atoms. The minimum Gasteiger partial charge on any atom is -0.337 e. The molecule has 1 atom stereocenters. The maximum Gasteiger partial charge on any atom is 0.277 e. The molecule has 0 saturated carbocycles. The number of nitrogens with zero attached hydrogens (tertiary/aromatic N) is 5. The molecule has 1 amide bonds. The highest BCUT2D eigenvalue weighted by molar-refractivity contribution is 7.17. The number of amides is 1. The van der Waals surface area contributed by atoms with Crippen molar-refractivity contribution in [3.8, 4) is 10.6 Å². The summed E-state index contributed by atoms with van der Waals surface area (Å²) in [4.78, 5) is 36.4. The quantitative estimate of drug-likeness (QED) is 0.391. The van der Waals surface area contributed by atoms with Crippen LogP contribution in [0, 0.1) is 20.8 Å². The summed E-state index contributed by atoms with van der Waals surface area (Å²) in [5.41, 5.74) is 5.09. The molecular formula is C27H26N6O2S. The van der Waals surface area contributed by atoms with Crippen LogP contribution in [0.5, 0.6) is 0 Å². The van der Waals surface area contributed by atoms with Crippen molar-refractivity contribution in [2.45, 2.75) is 26.8 Å². The third-order valence-corrected chi connectivity index (χ3v) is 7.60. The van der Waals surface area contributed by atoms with Crippen LogP contribution in [-0.4, -0.2) is 30.2 Å². The summed E-state index contributed by atoms with van der Waals surface area (Å²) in [5.74, 6) is 0.463. The van der Waals surface area contributed by atoms with Gasteiger partial charge in [-0.15, -0.1) is 11.3 Å². The average molecular weight is 499 g/mol. The Labute approximate surface area is 212 Å². The largest absolute Gasteiger partial charge is 0.337 e. The number of carbonyl (C=O) groups excluding carboxylic acids is 1. The van der Waals surface area contributed by atoms with E-state index in [0.717, 1.165) is 33.7 Å². The Morgan fingerprint density at radius 1 is 0.944 bits per heavy atom. The van der Waals surface area contributed by atoms with Crippen molar-refractivity contribution in [1.82, 2.24) is 29.6 Å². The lowest BCUT2D eigenvalue weighted by molar-refractivity contribution is 0.0944. The molecule has 0 radical (unpaired) electrons. The number of para-hydroxylation sites is 2. The highest BCUT2D eigenvalue weighted by Gasteiger charge is 2.26. The summed E-state index contributed by atoms with van der Waals surface area (Å²) in [7, 11) is 3.57. The predicted molar refractivity (Wildman–Crippen MR) is 141 cm³/mol. The lowest BCUT2D eigenvalue weighted by atomic mass is 10.1. The van der Waals surface area contributed by atoms with Gasteiger partial charge < -0.3 is 9.88 Å². The molecule has 0 aliphatic heterocycles. The maximum atomic E-state index is 13.6. The Morgan fingerprint density at radius 3 is 2.36 bits per heavy atom. The molecule has 1 N–H and O–H groups in total. The van der Waals surface area contributed by atoms with Gasteiger partial charge in [0.2, 0.25) is 0 Å². The molecule has 5 rings (SSSR count). The first kappa shape index (κ1) is 23.6. The van der Waals surface area contributed by atoms with E-state index >= 15 is 0 Å². The second-order valence-electron chi connectivity index (χ2n) is 8.78. The topological polar surface area (TPSA) is 94.7 Å². The van der Waals surface area contributed by atoms with Crippen LogP contribution in [0.2, 0.25) is 0 Å². The molecule has 0 fully saturated rings. The van der Waals surface area contributed by atoms with E-state index in [2.05, 4.69) is 15.4 Å². The van der Waals surface area contributed by atoms with Gasteiger partial charge in [0.25, 0.3) is 11.5 Å². The second-order valence-corrected chi connectivity index (χ2v) is 9.78. The Morgan fingerprint density at radius 2 is 1.64 bits per heavy atom. The molecule has 5 aromatic rings. The van der Waals surface area contributed by atoms with Crippen molar-refractivity contribution in [3.63, 3.8) is 0 Å². The van der Waals surface area contributed by atoms with Crippen LogP contribution in [0.25, 0.3) is 21.6 Å². The summed E-state index contributed by atoms with van der Waals surface area (Å²) < 4.78 is 3.32. The summed E-state index contributed by atoms with van der Waals surface area (Å²) >= 11 is 1.22. The number of aromatic nitrogens is 5. The Balaban J connectivity index is 1.56. The molecule has 3 heterocycles. The Kier molecular flexibility index (Phi) is 6.01. The standard InChI is InChI=1S/C27H26N6O2S/c1-15-16(2)31-33(5)27(35)21(15)26-28-17(3)23(36-26)25(34)30-22(18-11-7-6-8-12-18)24-29-19-13-9-10-14-20(19)32(24)4/h6-14,22H,1-5H3,(H,30,34). The molecule has 0 bridgehead atoms. The van der Waals surface area contributed by atoms with Crippen molar-refractivity contribution in [2.75, 3.05) is 0 Å². The number of hydrogen-bond donors (Lipinski definition) is 1. The Hall–Kier alpha value is -4.11. The molecule has 1 unspecified atom stereocenters. The van der Waals surface area contributed by atoms with Gasteiger partial charge in [-0.05, 0) is 44.0 Å². The van der Waals surface area contributed by atoms with Gasteiger partial charge in [-0.2, -0.15) is 5.10 Å². The molecule has 0 aliphatic rings. The summed E-state index contributed by atoms with van der Waals surface area (Å²) in [5, 5.41) is 7.94. The molecule has 9 heteroatoms. The smallest absolute Gasteiger partial charge is 0.277 e. The fourth-order valence-electron chi connectivity index (χ4n) is 4.38. The van der Waals surface area contributed by atoms with Crippen LogP contribution in [-0.2, 0) is 14.1 Å². The number of aryl methyl sites for hydroxylation is 4. The SMILES string of the molecule is Cc1nc(-c2c(C)c(C)nn(C)c2=O)sc1C(=O)NC(c1ccccc1)c1nc2ccccc2n1C. The maximum absolute atomic E-state index is 13.6. The predicted octanol–water partition coefficient (Wildman–Crippen LogP) is 4.24. The van der Waals surface area contributed by atoms with Crippen LogP contribution >= 0.6 is 11.3 Å². The first-order valence-corrected chi connectivity index (χ1v) is 12.4. The van der Waals surface area contributed by atoms with Crippen LogP contribution in [0.3, 0.4) is 0 Å². The molecule has 8 nitrogen and oxygen atoms in total. The van der Waals surface area contributed by atoms with E-state index in [1.807, 2.05) is 80.1 Å². The molecule has 3 aromatic heterocycles. The number of carbonyl (C=O) groups is 1. The van der Waals surface area contributed by atoms with Gasteiger partial charge in [0.05, 0.1) is 28.0 Å². The van der Waals surface area contributed by atoms with Crippen LogP contribution in [0.15, 0.2) is 59.4 Å². The van der Waals surface area contributed by atoms with Gasteiger partial charge in [-0.1, -0.05) is 42.5 Å². The third kappa shape index (κ3) is 4.01. The number of thiazole rings is 1. The highest BCUT2D eigenvalue weighted by Crippen LogP contribution is 2.30. The third-order valence-electron chi connectivity index (χ3n) is 6.43. The van der Waals surface area contributed by atoms with Gasteiger partial charge in [0.1, 0.15) is 21.8 Å². The van der Waals surface area contributed by atoms with E-state index in [0.29, 0.717) is 21.1 Å². The van der Waals surface area contributed by atoms with E-state index < -0.39 is 6.04 Å². The Bertz CT molecular complexity index is 1670. The molecule has 182 valence electrons. The van der Waals surface area contributed by atoms with Gasteiger partial charge >= 0.3 is 0 Å². The van der Waals surface area contributed by atoms with Crippen molar-refractivity contribution >= 4 is 28.3 Å². The minimum atomic E-state index is -0.473. The van der Waals surface area contributed by atoms with Crippen molar-refractivity contribution in [1.29, 1.82) is 0 Å². The fourth-order valence-corrected chi connectivity index (χ4v) is 5.44. The average Bonchev–Trinajstić information content (AvgIpc) is 3.42. The number of benzene rings is 2. The molecule has 0 aliphatic carbocycles. The van der Waals surface area contributed by atoms with Crippen LogP contribution in [0.1, 0.15) is 44.1 Å². The summed E-state index contributed by atoms with van der Waals surface area (Å²) in [6, 6.07) is 17.2. The second kappa shape index (κ2) is 9.16. The highest BCUT2D eigenvalue weighted by atomic mass is 32.1. The van der Waals surface area contributed by atoms with E-state index in [-0.39, 0.29) is 11.5 Å². The lowest BCUT2D eigenvalue weighted by Gasteiger charge is -2.19. The normalized spacial score (nSPS) is 12.1. The number of hydrogen-bond acceptors (Lipinski definition) is 6. The zero-order chi connectivity index (χ0) is 25.6. The van der Waals surface area contributed by atoms with Crippen molar-refractivity contribution in [2.24, 2.45) is 14.1 Å². The molecule has 2 aromatic carbocycles. The fraction of sp³-hybridized carbons (Fsp3) is 0.222. The van der Waals surface area contributed by atoms with E-state index in [4.69, 9.17) is 4.98 Å². The molecular weight excluding hydrogens is 472 g/mol. The van der Waals surface area contributed by atoms with Crippen LogP contribution < -0.4 is 10.9 Å². The monoisotopic (exact) mass is 498 g/mol. The number of rotatable bonds is 5. The molecule has 0 saturated heterocycles. The lowest BCUT2D eigenvalue weighted by Crippen LogP contribution is -2.31. The number of imidazole rings is 1. The zero-order valence-electron chi connectivity index (χ0n) is 20.7. The molecule has 36 heavy (non-hydrogen) atoms. The van der Waals surface area contributed by atoms with Crippen LogP contribution in [0.4, 0.5) is 0 Å². The van der Waals surface area contributed by atoms with E-state index in [1.165, 1.54) is 16.0 Å². The van der Waals surface area contributed by atoms with Gasteiger partial charge in [-0.25, -0.2) is 14.6 Å². The first-order valence-electron chi connectivity index (χ1n) is 11.6. The van der Waals surface area contributed by atoms with E-state index in [9.17, 15) is 9.59 Å². The first-order chi connectivity index (χ1) is 17.3. The summed E-state index contributed by atoms with van der Waals surface area (Å²) in [6.07, 6.45) is 0. The van der Waals surface area contributed by atoms with Crippen molar-refractivity contribution in [3.05, 3.63) is 98.2 Å². The van der Waals surface area contributed by atoms with Gasteiger partial charge in [-0.3, -0.25) is 9.59 Å². The van der Waals surface area contributed by atoms with Gasteiger partial charge in [0.15, 0.2) is 0 Å². The van der Waals surface area contributed by atoms with E-state index in [1.54, 1.807) is 14.0 Å². The number of fused-ring (bicyclic) bond motifs is 1. The summed E-state index contributed by atoms with van der Waals surface area (Å²) in [6.45, 7) is 5.50. The van der Waals surface area contributed by atoms with Crippen molar-refractivity contribution < 1.29 is 4.79 Å². The number of nitrogens with one attached hydrogen (secondary N) is 1.